The zero-order valence-electron chi connectivity index (χ0n) is 10.6. The predicted octanol–water partition coefficient (Wildman–Crippen LogP) is 2.45. The average Bonchev–Trinajstić information content (AvgIpc) is 2.77. The second-order valence-electron chi connectivity index (χ2n) is 4.83. The molecule has 102 valence electrons. The lowest BCUT2D eigenvalue weighted by Gasteiger charge is -2.29. The maximum Gasteiger partial charge on any atom is 0.0564 e. The van der Waals surface area contributed by atoms with Crippen molar-refractivity contribution in [2.45, 2.75) is 31.9 Å². The Kier molecular flexibility index (Phi) is 6.11. The van der Waals surface area contributed by atoms with Gasteiger partial charge in [-0.15, -0.1) is 11.3 Å². The number of hydrogen-bond donors (Lipinski definition) is 2. The molecule has 0 amide bonds. The summed E-state index contributed by atoms with van der Waals surface area (Å²) < 4.78 is 1.18. The summed E-state index contributed by atoms with van der Waals surface area (Å²) in [5.74, 6) is 0. The van der Waals surface area contributed by atoms with Crippen molar-refractivity contribution in [3.8, 4) is 0 Å². The standard InChI is InChI=1S/C13H21BrN2OS/c14-11-8-13(18-10-11)9-15-4-1-5-16-6-2-12(17)3-7-16/h8,10,12,15,17H,1-7,9H2. The topological polar surface area (TPSA) is 35.5 Å². The number of rotatable bonds is 6. The van der Waals surface area contributed by atoms with Crippen LogP contribution in [0.3, 0.4) is 0 Å². The lowest BCUT2D eigenvalue weighted by Crippen LogP contribution is -2.37. The molecular weight excluding hydrogens is 312 g/mol. The first-order valence-electron chi connectivity index (χ1n) is 6.58. The summed E-state index contributed by atoms with van der Waals surface area (Å²) >= 11 is 5.26. The molecule has 3 nitrogen and oxygen atoms in total. The van der Waals surface area contributed by atoms with Crippen molar-refractivity contribution in [1.29, 1.82) is 0 Å². The highest BCUT2D eigenvalue weighted by Crippen LogP contribution is 2.19. The molecule has 0 bridgehead atoms. The highest BCUT2D eigenvalue weighted by molar-refractivity contribution is 9.10. The van der Waals surface area contributed by atoms with Crippen LogP contribution in [-0.4, -0.2) is 42.3 Å². The number of piperidine rings is 1. The third-order valence-electron chi connectivity index (χ3n) is 3.31. The predicted molar refractivity (Wildman–Crippen MR) is 80.0 cm³/mol. The number of aliphatic hydroxyl groups excluding tert-OH is 1. The summed E-state index contributed by atoms with van der Waals surface area (Å²) in [6, 6.07) is 2.17. The fraction of sp³-hybridized carbons (Fsp3) is 0.692. The van der Waals surface area contributed by atoms with Crippen LogP contribution in [0, 0.1) is 0 Å². The van der Waals surface area contributed by atoms with Gasteiger partial charge in [0.15, 0.2) is 0 Å². The number of halogens is 1. The summed E-state index contributed by atoms with van der Waals surface area (Å²) in [5.41, 5.74) is 0. The number of aliphatic hydroxyl groups is 1. The largest absolute Gasteiger partial charge is 0.393 e. The van der Waals surface area contributed by atoms with E-state index in [0.29, 0.717) is 0 Å². The van der Waals surface area contributed by atoms with Crippen molar-refractivity contribution < 1.29 is 5.11 Å². The SMILES string of the molecule is OC1CCN(CCCNCc2cc(Br)cs2)CC1. The molecule has 0 aliphatic carbocycles. The zero-order valence-corrected chi connectivity index (χ0v) is 13.0. The van der Waals surface area contributed by atoms with E-state index >= 15 is 0 Å². The third-order valence-corrected chi connectivity index (χ3v) is 5.00. The number of likely N-dealkylation sites (tertiary alicyclic amines) is 1. The fourth-order valence-electron chi connectivity index (χ4n) is 2.23. The Balaban J connectivity index is 1.51. The first kappa shape index (κ1) is 14.5. The Hall–Kier alpha value is 0.0600. The zero-order chi connectivity index (χ0) is 12.8. The molecule has 0 atom stereocenters. The molecule has 1 aromatic rings. The molecule has 1 fully saturated rings. The van der Waals surface area contributed by atoms with Crippen molar-refractivity contribution in [1.82, 2.24) is 10.2 Å². The molecule has 5 heteroatoms. The van der Waals surface area contributed by atoms with E-state index in [-0.39, 0.29) is 6.10 Å². The molecule has 1 saturated heterocycles. The van der Waals surface area contributed by atoms with Crippen LogP contribution in [0.15, 0.2) is 15.9 Å². The van der Waals surface area contributed by atoms with E-state index in [1.54, 1.807) is 11.3 Å². The van der Waals surface area contributed by atoms with E-state index < -0.39 is 0 Å². The van der Waals surface area contributed by atoms with Crippen LogP contribution in [0.25, 0.3) is 0 Å². The molecule has 2 rings (SSSR count). The van der Waals surface area contributed by atoms with E-state index in [1.807, 2.05) is 0 Å². The third kappa shape index (κ3) is 4.97. The van der Waals surface area contributed by atoms with Crippen LogP contribution in [0.2, 0.25) is 0 Å². The Morgan fingerprint density at radius 3 is 2.89 bits per heavy atom. The van der Waals surface area contributed by atoms with Gasteiger partial charge in [0.25, 0.3) is 0 Å². The van der Waals surface area contributed by atoms with Gasteiger partial charge in [-0.2, -0.15) is 0 Å². The van der Waals surface area contributed by atoms with Gasteiger partial charge in [0.1, 0.15) is 0 Å². The van der Waals surface area contributed by atoms with Crippen molar-refractivity contribution in [2.75, 3.05) is 26.2 Å². The molecule has 2 N–H and O–H groups in total. The molecule has 1 aliphatic rings. The van der Waals surface area contributed by atoms with Gasteiger partial charge in [0.2, 0.25) is 0 Å². The number of nitrogens with one attached hydrogen (secondary N) is 1. The molecule has 0 spiro atoms. The van der Waals surface area contributed by atoms with E-state index in [1.165, 1.54) is 15.8 Å². The lowest BCUT2D eigenvalue weighted by atomic mass is 10.1. The Morgan fingerprint density at radius 1 is 1.44 bits per heavy atom. The summed E-state index contributed by atoms with van der Waals surface area (Å²) in [5, 5.41) is 15.0. The van der Waals surface area contributed by atoms with Crippen LogP contribution in [-0.2, 0) is 6.54 Å². The lowest BCUT2D eigenvalue weighted by molar-refractivity contribution is 0.0821. The average molecular weight is 333 g/mol. The Morgan fingerprint density at radius 2 is 2.22 bits per heavy atom. The molecule has 0 aromatic carbocycles. The molecule has 0 radical (unpaired) electrons. The van der Waals surface area contributed by atoms with E-state index in [2.05, 4.69) is 37.6 Å². The van der Waals surface area contributed by atoms with Gasteiger partial charge in [-0.3, -0.25) is 0 Å². The first-order chi connectivity index (χ1) is 8.74. The smallest absolute Gasteiger partial charge is 0.0564 e. The Bertz CT molecular complexity index is 351. The number of hydrogen-bond acceptors (Lipinski definition) is 4. The van der Waals surface area contributed by atoms with Crippen LogP contribution in [0.5, 0.6) is 0 Å². The number of thiophene rings is 1. The quantitative estimate of drug-likeness (QED) is 0.785. The van der Waals surface area contributed by atoms with Gasteiger partial charge in [0, 0.05) is 34.4 Å². The van der Waals surface area contributed by atoms with Crippen molar-refractivity contribution >= 4 is 27.3 Å². The van der Waals surface area contributed by atoms with E-state index in [9.17, 15) is 5.11 Å². The van der Waals surface area contributed by atoms with Crippen molar-refractivity contribution in [3.05, 3.63) is 20.8 Å². The highest BCUT2D eigenvalue weighted by Gasteiger charge is 2.15. The van der Waals surface area contributed by atoms with Crippen LogP contribution >= 0.6 is 27.3 Å². The van der Waals surface area contributed by atoms with E-state index in [4.69, 9.17) is 0 Å². The van der Waals surface area contributed by atoms with Gasteiger partial charge in [-0.25, -0.2) is 0 Å². The summed E-state index contributed by atoms with van der Waals surface area (Å²) in [4.78, 5) is 3.83. The van der Waals surface area contributed by atoms with Gasteiger partial charge in [-0.05, 0) is 54.3 Å². The fourth-order valence-corrected chi connectivity index (χ4v) is 3.65. The Labute approximate surface area is 121 Å². The first-order valence-corrected chi connectivity index (χ1v) is 8.25. The summed E-state index contributed by atoms with van der Waals surface area (Å²) in [6.07, 6.45) is 3.01. The minimum absolute atomic E-state index is 0.0587. The molecule has 2 heterocycles. The maximum absolute atomic E-state index is 9.42. The van der Waals surface area contributed by atoms with Crippen LogP contribution < -0.4 is 5.32 Å². The molecular formula is C13H21BrN2OS. The van der Waals surface area contributed by atoms with Gasteiger partial charge in [0.05, 0.1) is 6.10 Å². The summed E-state index contributed by atoms with van der Waals surface area (Å²) in [6.45, 7) is 5.29. The van der Waals surface area contributed by atoms with Crippen LogP contribution in [0.4, 0.5) is 0 Å². The minimum atomic E-state index is -0.0587. The van der Waals surface area contributed by atoms with Crippen molar-refractivity contribution in [2.24, 2.45) is 0 Å². The number of nitrogens with zero attached hydrogens (tertiary/aromatic N) is 1. The van der Waals surface area contributed by atoms with Gasteiger partial charge < -0.3 is 15.3 Å². The molecule has 1 aliphatic heterocycles. The van der Waals surface area contributed by atoms with Crippen LogP contribution in [0.1, 0.15) is 24.1 Å². The molecule has 18 heavy (non-hydrogen) atoms. The monoisotopic (exact) mass is 332 g/mol. The second-order valence-corrected chi connectivity index (χ2v) is 6.75. The van der Waals surface area contributed by atoms with Gasteiger partial charge >= 0.3 is 0 Å². The highest BCUT2D eigenvalue weighted by atomic mass is 79.9. The molecule has 1 aromatic heterocycles. The summed E-state index contributed by atoms with van der Waals surface area (Å²) in [7, 11) is 0. The molecule has 0 saturated carbocycles. The van der Waals surface area contributed by atoms with Gasteiger partial charge in [-0.1, -0.05) is 0 Å². The molecule has 0 unspecified atom stereocenters. The van der Waals surface area contributed by atoms with Crippen molar-refractivity contribution in [3.63, 3.8) is 0 Å². The van der Waals surface area contributed by atoms with E-state index in [0.717, 1.165) is 45.6 Å². The maximum atomic E-state index is 9.42. The minimum Gasteiger partial charge on any atom is -0.393 e. The second kappa shape index (κ2) is 7.60. The normalized spacial score (nSPS) is 18.3.